The Bertz CT molecular complexity index is 2650. The predicted molar refractivity (Wildman–Crippen MR) is 194 cm³/mol. The highest BCUT2D eigenvalue weighted by molar-refractivity contribution is 6.22. The molecule has 2 heterocycles. The van der Waals surface area contributed by atoms with Crippen molar-refractivity contribution in [3.8, 4) is 0 Å². The first kappa shape index (κ1) is 26.8. The van der Waals surface area contributed by atoms with E-state index in [1.807, 2.05) is 0 Å². The molecule has 0 aliphatic rings. The molecule has 0 spiro atoms. The second kappa shape index (κ2) is 9.98. The second-order valence-electron chi connectivity index (χ2n) is 12.9. The van der Waals surface area contributed by atoms with E-state index >= 15 is 0 Å². The highest BCUT2D eigenvalue weighted by atomic mass is 16.3. The third-order valence-corrected chi connectivity index (χ3v) is 9.55. The fraction of sp³-hybridized carbons (Fsp3) is 0.116. The van der Waals surface area contributed by atoms with Gasteiger partial charge in [0.25, 0.3) is 0 Å². The zero-order valence-corrected chi connectivity index (χ0v) is 26.4. The summed E-state index contributed by atoms with van der Waals surface area (Å²) in [5.41, 5.74) is 10.5. The first-order chi connectivity index (χ1) is 22.5. The van der Waals surface area contributed by atoms with Crippen molar-refractivity contribution in [1.82, 2.24) is 0 Å². The van der Waals surface area contributed by atoms with Gasteiger partial charge in [-0.2, -0.15) is 0 Å². The lowest BCUT2D eigenvalue weighted by Gasteiger charge is -2.29. The highest BCUT2D eigenvalue weighted by Crippen LogP contribution is 2.50. The Morgan fingerprint density at radius 3 is 1.93 bits per heavy atom. The summed E-state index contributed by atoms with van der Waals surface area (Å²) in [5, 5.41) is 9.32. The van der Waals surface area contributed by atoms with Gasteiger partial charge in [0.1, 0.15) is 22.3 Å². The van der Waals surface area contributed by atoms with Gasteiger partial charge < -0.3 is 13.7 Å². The number of anilines is 3. The Morgan fingerprint density at radius 1 is 0.478 bits per heavy atom. The van der Waals surface area contributed by atoms with Crippen LogP contribution in [0.15, 0.2) is 130 Å². The summed E-state index contributed by atoms with van der Waals surface area (Å²) in [5.74, 6) is 0.413. The number of rotatable bonds is 4. The van der Waals surface area contributed by atoms with E-state index in [1.165, 1.54) is 38.2 Å². The van der Waals surface area contributed by atoms with Gasteiger partial charge in [0.15, 0.2) is 0 Å². The van der Waals surface area contributed by atoms with Crippen LogP contribution in [0, 0.1) is 13.8 Å². The Labute approximate surface area is 267 Å². The maximum absolute atomic E-state index is 6.59. The van der Waals surface area contributed by atoms with E-state index in [2.05, 4.69) is 154 Å². The van der Waals surface area contributed by atoms with Gasteiger partial charge in [0.05, 0.1) is 27.8 Å². The molecule has 46 heavy (non-hydrogen) atoms. The van der Waals surface area contributed by atoms with Gasteiger partial charge in [-0.25, -0.2) is 0 Å². The van der Waals surface area contributed by atoms with Crippen molar-refractivity contribution < 1.29 is 8.83 Å². The van der Waals surface area contributed by atoms with Crippen LogP contribution in [-0.4, -0.2) is 0 Å². The zero-order chi connectivity index (χ0) is 31.1. The minimum absolute atomic E-state index is 0.413. The minimum Gasteiger partial charge on any atom is -0.456 e. The van der Waals surface area contributed by atoms with Gasteiger partial charge in [0.2, 0.25) is 0 Å². The van der Waals surface area contributed by atoms with E-state index in [4.69, 9.17) is 8.83 Å². The van der Waals surface area contributed by atoms with Gasteiger partial charge in [-0.3, -0.25) is 0 Å². The van der Waals surface area contributed by atoms with Crippen molar-refractivity contribution in [2.45, 2.75) is 33.6 Å². The maximum atomic E-state index is 6.59. The summed E-state index contributed by atoms with van der Waals surface area (Å²) in [6.45, 7) is 8.76. The Kier molecular flexibility index (Phi) is 5.82. The Balaban J connectivity index is 1.46. The fourth-order valence-electron chi connectivity index (χ4n) is 7.47. The van der Waals surface area contributed by atoms with Crippen LogP contribution >= 0.6 is 0 Å². The normalized spacial score (nSPS) is 12.1. The molecule has 222 valence electrons. The number of nitrogens with zero attached hydrogens (tertiary/aromatic N) is 1. The van der Waals surface area contributed by atoms with Crippen LogP contribution in [0.1, 0.15) is 36.5 Å². The van der Waals surface area contributed by atoms with Gasteiger partial charge in [-0.05, 0) is 95.1 Å². The molecule has 0 unspecified atom stereocenters. The lowest BCUT2D eigenvalue weighted by Crippen LogP contribution is -2.11. The van der Waals surface area contributed by atoms with Crippen molar-refractivity contribution in [2.24, 2.45) is 0 Å². The molecule has 0 aliphatic carbocycles. The Hall–Kier alpha value is -5.54. The number of benzene rings is 7. The van der Waals surface area contributed by atoms with E-state index in [9.17, 15) is 0 Å². The maximum Gasteiger partial charge on any atom is 0.137 e. The number of furan rings is 2. The van der Waals surface area contributed by atoms with Crippen molar-refractivity contribution in [1.29, 1.82) is 0 Å². The molecule has 7 aromatic carbocycles. The van der Waals surface area contributed by atoms with Crippen molar-refractivity contribution in [2.75, 3.05) is 4.90 Å². The molecule has 0 saturated heterocycles. The number of hydrogen-bond acceptors (Lipinski definition) is 3. The molecular weight excluding hydrogens is 562 g/mol. The van der Waals surface area contributed by atoms with E-state index in [0.29, 0.717) is 5.92 Å². The molecule has 3 heteroatoms. The van der Waals surface area contributed by atoms with Crippen molar-refractivity contribution in [3.05, 3.63) is 138 Å². The standard InChI is InChI=1S/C43H33NO2/c1-25(2)28-19-20-33-39(24-28)45-37-17-9-15-34(42(33)37)44(36-23-29-11-5-6-12-30(29)31-13-7-8-14-32(31)36)35-16-10-18-38-43(35)41-27(4)21-26(3)22-40(41)46-38/h5-25H,1-4H3. The van der Waals surface area contributed by atoms with Crippen LogP contribution in [-0.2, 0) is 0 Å². The summed E-state index contributed by atoms with van der Waals surface area (Å²) in [6.07, 6.45) is 0. The molecular formula is C43H33NO2. The van der Waals surface area contributed by atoms with Crippen LogP contribution in [0.4, 0.5) is 17.1 Å². The third-order valence-electron chi connectivity index (χ3n) is 9.55. The molecule has 9 aromatic rings. The summed E-state index contributed by atoms with van der Waals surface area (Å²) >= 11 is 0. The largest absolute Gasteiger partial charge is 0.456 e. The first-order valence-electron chi connectivity index (χ1n) is 16.0. The van der Waals surface area contributed by atoms with Crippen LogP contribution < -0.4 is 4.90 Å². The average molecular weight is 596 g/mol. The Morgan fingerprint density at radius 2 is 1.15 bits per heavy atom. The number of hydrogen-bond donors (Lipinski definition) is 0. The highest BCUT2D eigenvalue weighted by Gasteiger charge is 2.25. The molecule has 0 radical (unpaired) electrons. The summed E-state index contributed by atoms with van der Waals surface area (Å²) < 4.78 is 13.2. The molecule has 0 fully saturated rings. The molecule has 0 saturated carbocycles. The van der Waals surface area contributed by atoms with E-state index in [0.717, 1.165) is 60.9 Å². The monoisotopic (exact) mass is 595 g/mol. The third kappa shape index (κ3) is 3.91. The van der Waals surface area contributed by atoms with Crippen LogP contribution in [0.2, 0.25) is 0 Å². The minimum atomic E-state index is 0.413. The summed E-state index contributed by atoms with van der Waals surface area (Å²) in [6, 6.07) is 43.7. The van der Waals surface area contributed by atoms with Gasteiger partial charge in [0, 0.05) is 16.2 Å². The molecule has 0 amide bonds. The molecule has 0 N–H and O–H groups in total. The van der Waals surface area contributed by atoms with E-state index < -0.39 is 0 Å². The van der Waals surface area contributed by atoms with Crippen LogP contribution in [0.25, 0.3) is 65.4 Å². The molecule has 2 aromatic heterocycles. The molecule has 3 nitrogen and oxygen atoms in total. The van der Waals surface area contributed by atoms with E-state index in [1.54, 1.807) is 0 Å². The zero-order valence-electron chi connectivity index (χ0n) is 26.4. The topological polar surface area (TPSA) is 29.5 Å². The predicted octanol–water partition coefficient (Wildman–Crippen LogP) is 13.0. The second-order valence-corrected chi connectivity index (χ2v) is 12.9. The molecule has 9 rings (SSSR count). The first-order valence-corrected chi connectivity index (χ1v) is 16.0. The molecule has 0 atom stereocenters. The average Bonchev–Trinajstić information content (AvgIpc) is 3.63. The lowest BCUT2D eigenvalue weighted by molar-refractivity contribution is 0.667. The fourth-order valence-corrected chi connectivity index (χ4v) is 7.47. The lowest BCUT2D eigenvalue weighted by atomic mass is 9.97. The summed E-state index contributed by atoms with van der Waals surface area (Å²) in [7, 11) is 0. The van der Waals surface area contributed by atoms with Gasteiger partial charge in [-0.15, -0.1) is 0 Å². The van der Waals surface area contributed by atoms with Crippen LogP contribution in [0.5, 0.6) is 0 Å². The summed E-state index contributed by atoms with van der Waals surface area (Å²) in [4.78, 5) is 2.44. The van der Waals surface area contributed by atoms with Crippen LogP contribution in [0.3, 0.4) is 0 Å². The number of aryl methyl sites for hydroxylation is 2. The smallest absolute Gasteiger partial charge is 0.137 e. The van der Waals surface area contributed by atoms with Crippen molar-refractivity contribution in [3.63, 3.8) is 0 Å². The van der Waals surface area contributed by atoms with E-state index in [-0.39, 0.29) is 0 Å². The molecule has 0 bridgehead atoms. The quantitative estimate of drug-likeness (QED) is 0.190. The van der Waals surface area contributed by atoms with Crippen molar-refractivity contribution >= 4 is 82.5 Å². The van der Waals surface area contributed by atoms with Gasteiger partial charge in [-0.1, -0.05) is 92.7 Å². The SMILES string of the molecule is Cc1cc(C)c2c(c1)oc1cccc(N(c3cc4ccccc4c4ccccc34)c3cccc4oc5cc(C(C)C)ccc5c34)c12. The molecule has 0 aliphatic heterocycles. The number of fused-ring (bicyclic) bond motifs is 9. The van der Waals surface area contributed by atoms with Gasteiger partial charge >= 0.3 is 0 Å².